The van der Waals surface area contributed by atoms with Crippen molar-refractivity contribution in [3.8, 4) is 0 Å². The zero-order valence-electron chi connectivity index (χ0n) is 47.8. The van der Waals surface area contributed by atoms with Gasteiger partial charge in [0, 0.05) is 25.7 Å². The van der Waals surface area contributed by atoms with Crippen LogP contribution in [0.15, 0.2) is 30.3 Å². The van der Waals surface area contributed by atoms with Gasteiger partial charge in [-0.15, -0.1) is 0 Å². The van der Waals surface area contributed by atoms with Gasteiger partial charge in [-0.3, -0.25) is 62.3 Å². The molecule has 30 nitrogen and oxygen atoms in total. The molecule has 0 aliphatic heterocycles. The number of aliphatic carboxylic acids is 3. The van der Waals surface area contributed by atoms with Gasteiger partial charge in [-0.05, 0) is 68.4 Å². The number of nitrogens with one attached hydrogen (secondary N) is 9. The average Bonchev–Trinajstić information content (AvgIpc) is 3.45. The van der Waals surface area contributed by atoms with E-state index in [0.29, 0.717) is 24.8 Å². The number of carboxylic acid groups (broad SMARTS) is 3. The van der Waals surface area contributed by atoms with Crippen LogP contribution in [0.4, 0.5) is 0 Å². The largest absolute Gasteiger partial charge is 0.481 e. The first-order valence-electron chi connectivity index (χ1n) is 27.4. The summed E-state index contributed by atoms with van der Waals surface area (Å²) < 4.78 is 0. The Morgan fingerprint density at radius 2 is 0.940 bits per heavy atom. The van der Waals surface area contributed by atoms with Crippen molar-refractivity contribution in [2.75, 3.05) is 13.1 Å². The number of hydrogen-bond acceptors (Lipinski definition) is 16. The van der Waals surface area contributed by atoms with Crippen LogP contribution in [0.25, 0.3) is 0 Å². The molecule has 0 saturated heterocycles. The molecule has 0 saturated carbocycles. The van der Waals surface area contributed by atoms with Crippen LogP contribution in [0.1, 0.15) is 124 Å². The number of benzene rings is 1. The number of hydrogen-bond donors (Lipinski definition) is 16. The summed E-state index contributed by atoms with van der Waals surface area (Å²) in [5.41, 5.74) is 23.0. The maximum Gasteiger partial charge on any atom is 0.326 e. The van der Waals surface area contributed by atoms with E-state index >= 15 is 0 Å². The lowest BCUT2D eigenvalue weighted by atomic mass is 9.95. The normalized spacial score (nSPS) is 15.0. The molecule has 0 aliphatic carbocycles. The number of carbonyl (C=O) groups excluding carboxylic acids is 11. The summed E-state index contributed by atoms with van der Waals surface area (Å²) in [7, 11) is 0. The number of amides is 11. The van der Waals surface area contributed by atoms with Crippen molar-refractivity contribution >= 4 is 82.9 Å². The van der Waals surface area contributed by atoms with Crippen LogP contribution in [0.3, 0.4) is 0 Å². The molecule has 464 valence electrons. The van der Waals surface area contributed by atoms with Crippen molar-refractivity contribution < 1.29 is 82.4 Å². The minimum atomic E-state index is -1.97. The third-order valence-electron chi connectivity index (χ3n) is 13.4. The molecule has 0 bridgehead atoms. The molecular formula is C53H85N13O17. The van der Waals surface area contributed by atoms with Crippen LogP contribution in [-0.4, -0.2) is 166 Å². The number of carboxylic acids is 3. The molecule has 0 unspecified atom stereocenters. The molecule has 0 aromatic heterocycles. The van der Waals surface area contributed by atoms with Crippen molar-refractivity contribution in [3.05, 3.63) is 35.9 Å². The van der Waals surface area contributed by atoms with Gasteiger partial charge in [0.25, 0.3) is 0 Å². The zero-order chi connectivity index (χ0) is 63.1. The molecule has 20 N–H and O–H groups in total. The van der Waals surface area contributed by atoms with E-state index in [1.807, 2.05) is 6.92 Å². The van der Waals surface area contributed by atoms with E-state index in [1.54, 1.807) is 65.0 Å². The SMILES string of the molecule is CC[C@H](C)[C@H](N)C(=O)N[C@@H](CCC(N)=O)C(=O)N[C@@H](CCCCN)C(=O)N[C@H](C(=O)N[C@H](C(=O)N[C@@H](CC(=O)O)C(=O)N[C@@H](CCC(N)=O)C(=O)N[C@@H](Cc1ccccc1)C(=O)NCC(=O)N[C@@H](CCC(=O)O)C(=O)O)[C@@H](C)CC)C(C)C. The van der Waals surface area contributed by atoms with Gasteiger partial charge in [-0.25, -0.2) is 4.79 Å². The van der Waals surface area contributed by atoms with E-state index in [1.165, 1.54) is 0 Å². The topological polar surface area (TPSA) is 512 Å². The molecule has 1 aromatic rings. The number of primary amides is 2. The molecule has 0 spiro atoms. The predicted molar refractivity (Wildman–Crippen MR) is 297 cm³/mol. The average molecular weight is 1180 g/mol. The number of nitrogens with two attached hydrogens (primary N) is 4. The maximum atomic E-state index is 14.2. The first kappa shape index (κ1) is 72.7. The molecule has 83 heavy (non-hydrogen) atoms. The van der Waals surface area contributed by atoms with Gasteiger partial charge in [0.15, 0.2) is 0 Å². The monoisotopic (exact) mass is 1180 g/mol. The standard InChI is InChI=1S/C53H85N13O17/c1-7-28(5)42(57)50(79)62-33(18-21-38(56)68)46(75)60-31(16-12-13-23-54)48(77)65-43(27(3)4)51(80)66-44(29(6)8-2)52(81)64-36(25-41(72)73)49(78)61-32(17-20-37(55)67)47(76)63-35(24-30-14-10-9-11-15-30)45(74)58-26-39(69)59-34(53(82)83)19-22-40(70)71/h9-11,14-15,27-29,31-36,42-44H,7-8,12-13,16-26,54,57H2,1-6H3,(H2,55,67)(H2,56,68)(H,58,74)(H,59,69)(H,60,75)(H,61,78)(H,62,79)(H,63,76)(H,64,81)(H,65,77)(H,66,80)(H,70,71)(H,72,73)(H,82,83)/t28-,29-,31-,32-,33-,34-,35-,36-,42-,43-,44-/m0/s1. The maximum absolute atomic E-state index is 14.2. The molecule has 0 heterocycles. The van der Waals surface area contributed by atoms with Crippen LogP contribution < -0.4 is 70.8 Å². The highest BCUT2D eigenvalue weighted by molar-refractivity contribution is 5.99. The van der Waals surface area contributed by atoms with Crippen LogP contribution in [0, 0.1) is 17.8 Å². The van der Waals surface area contributed by atoms with E-state index in [9.17, 15) is 77.3 Å². The summed E-state index contributed by atoms with van der Waals surface area (Å²) in [6, 6.07) is -5.42. The van der Waals surface area contributed by atoms with E-state index < -0.39 is 188 Å². The van der Waals surface area contributed by atoms with Crippen molar-refractivity contribution in [2.45, 2.75) is 179 Å². The Hall–Kier alpha value is -8.28. The minimum absolute atomic E-state index is 0.00154. The lowest BCUT2D eigenvalue weighted by molar-refractivity contribution is -0.143. The number of carbonyl (C=O) groups is 14. The van der Waals surface area contributed by atoms with Gasteiger partial charge in [0.05, 0.1) is 19.0 Å². The highest BCUT2D eigenvalue weighted by atomic mass is 16.4. The van der Waals surface area contributed by atoms with Gasteiger partial charge in [0.1, 0.15) is 48.3 Å². The van der Waals surface area contributed by atoms with Gasteiger partial charge >= 0.3 is 17.9 Å². The molecule has 11 amide bonds. The molecule has 11 atom stereocenters. The summed E-state index contributed by atoms with van der Waals surface area (Å²) in [5, 5.41) is 50.1. The van der Waals surface area contributed by atoms with Crippen LogP contribution in [-0.2, 0) is 73.5 Å². The van der Waals surface area contributed by atoms with Gasteiger partial charge < -0.3 is 86.1 Å². The lowest BCUT2D eigenvalue weighted by Crippen LogP contribution is -2.62. The Morgan fingerprint density at radius 3 is 1.42 bits per heavy atom. The van der Waals surface area contributed by atoms with E-state index in [-0.39, 0.29) is 44.6 Å². The Kier molecular flexibility index (Phi) is 33.0. The minimum Gasteiger partial charge on any atom is -0.481 e. The highest BCUT2D eigenvalue weighted by Crippen LogP contribution is 2.14. The molecule has 1 rings (SSSR count). The second-order valence-corrected chi connectivity index (χ2v) is 20.5. The Balaban J connectivity index is 3.52. The zero-order valence-corrected chi connectivity index (χ0v) is 47.8. The third-order valence-corrected chi connectivity index (χ3v) is 13.4. The van der Waals surface area contributed by atoms with Gasteiger partial charge in [-0.1, -0.05) is 84.7 Å². The van der Waals surface area contributed by atoms with Gasteiger partial charge in [-0.2, -0.15) is 0 Å². The van der Waals surface area contributed by atoms with E-state index in [2.05, 4.69) is 47.9 Å². The first-order valence-corrected chi connectivity index (χ1v) is 27.4. The fourth-order valence-electron chi connectivity index (χ4n) is 7.97. The molecular weight excluding hydrogens is 1090 g/mol. The summed E-state index contributed by atoms with van der Waals surface area (Å²) in [6.45, 7) is 9.30. The van der Waals surface area contributed by atoms with Crippen molar-refractivity contribution in [1.29, 1.82) is 0 Å². The predicted octanol–water partition coefficient (Wildman–Crippen LogP) is -3.62. The van der Waals surface area contributed by atoms with Crippen LogP contribution in [0.5, 0.6) is 0 Å². The molecule has 1 aromatic carbocycles. The Labute approximate surface area is 481 Å². The number of unbranched alkanes of at least 4 members (excludes halogenated alkanes) is 1. The summed E-state index contributed by atoms with van der Waals surface area (Å²) in [5.74, 6) is -16.7. The van der Waals surface area contributed by atoms with E-state index in [0.717, 1.165) is 0 Å². The van der Waals surface area contributed by atoms with Gasteiger partial charge in [0.2, 0.25) is 65.0 Å². The third kappa shape index (κ3) is 27.8. The summed E-state index contributed by atoms with van der Waals surface area (Å²) >= 11 is 0. The van der Waals surface area contributed by atoms with Crippen molar-refractivity contribution in [3.63, 3.8) is 0 Å². The first-order chi connectivity index (χ1) is 38.9. The smallest absolute Gasteiger partial charge is 0.326 e. The summed E-state index contributed by atoms with van der Waals surface area (Å²) in [6.07, 6.45) is -2.55. The molecule has 0 fully saturated rings. The fourth-order valence-corrected chi connectivity index (χ4v) is 7.97. The quantitative estimate of drug-likeness (QED) is 0.0282. The van der Waals surface area contributed by atoms with Crippen LogP contribution in [0.2, 0.25) is 0 Å². The van der Waals surface area contributed by atoms with Crippen LogP contribution >= 0.6 is 0 Å². The molecule has 30 heteroatoms. The summed E-state index contributed by atoms with van der Waals surface area (Å²) in [4.78, 5) is 182. The second kappa shape index (κ2) is 37.7. The van der Waals surface area contributed by atoms with Crippen molar-refractivity contribution in [2.24, 2.45) is 40.7 Å². The lowest BCUT2D eigenvalue weighted by Gasteiger charge is -2.30. The fraction of sp³-hybridized carbons (Fsp3) is 0.623. The highest BCUT2D eigenvalue weighted by Gasteiger charge is 2.37. The number of rotatable bonds is 41. The second-order valence-electron chi connectivity index (χ2n) is 20.5. The van der Waals surface area contributed by atoms with Crippen molar-refractivity contribution in [1.82, 2.24) is 47.9 Å². The molecule has 0 aliphatic rings. The molecule has 0 radical (unpaired) electrons. The Bertz CT molecular complexity index is 2410. The van der Waals surface area contributed by atoms with E-state index in [4.69, 9.17) is 28.0 Å². The Morgan fingerprint density at radius 1 is 0.482 bits per heavy atom.